The Hall–Kier alpha value is -1.42. The van der Waals surface area contributed by atoms with E-state index in [4.69, 9.17) is 5.73 Å². The van der Waals surface area contributed by atoms with Crippen molar-refractivity contribution >= 4 is 29.4 Å². The molecule has 3 N–H and O–H groups in total. The lowest BCUT2D eigenvalue weighted by Crippen LogP contribution is -2.23. The lowest BCUT2D eigenvalue weighted by atomic mass is 10.2. The first-order valence-corrected chi connectivity index (χ1v) is 6.42. The molecule has 0 aliphatic carbocycles. The molecule has 0 unspecified atom stereocenters. The fourth-order valence-corrected chi connectivity index (χ4v) is 1.48. The van der Waals surface area contributed by atoms with E-state index in [1.807, 2.05) is 30.5 Å². The molecule has 3 nitrogen and oxygen atoms in total. The standard InChI is InChI=1S/C12H16N2OS/c1-16-8-7-14-12(15)6-5-10-3-2-4-11(13)9-10/h2-6,9H,7-8,13H2,1H3,(H,14,15)/b6-5+. The lowest BCUT2D eigenvalue weighted by Gasteiger charge is -1.99. The third kappa shape index (κ3) is 4.89. The third-order valence-corrected chi connectivity index (χ3v) is 2.56. The van der Waals surface area contributed by atoms with Gasteiger partial charge in [-0.05, 0) is 30.0 Å². The van der Waals surface area contributed by atoms with Gasteiger partial charge in [0.15, 0.2) is 0 Å². The van der Waals surface area contributed by atoms with Crippen molar-refractivity contribution in [3.8, 4) is 0 Å². The summed E-state index contributed by atoms with van der Waals surface area (Å²) in [5.74, 6) is 0.856. The number of amides is 1. The zero-order valence-electron chi connectivity index (χ0n) is 9.27. The van der Waals surface area contributed by atoms with Crippen molar-refractivity contribution in [2.24, 2.45) is 0 Å². The molecule has 0 atom stereocenters. The van der Waals surface area contributed by atoms with Gasteiger partial charge in [0.25, 0.3) is 0 Å². The highest BCUT2D eigenvalue weighted by Gasteiger charge is 1.94. The summed E-state index contributed by atoms with van der Waals surface area (Å²) in [5, 5.41) is 2.79. The summed E-state index contributed by atoms with van der Waals surface area (Å²) in [7, 11) is 0. The number of hydrogen-bond acceptors (Lipinski definition) is 3. The van der Waals surface area contributed by atoms with Crippen LogP contribution in [0.3, 0.4) is 0 Å². The van der Waals surface area contributed by atoms with Crippen molar-refractivity contribution < 1.29 is 4.79 Å². The molecule has 86 valence electrons. The molecule has 0 saturated carbocycles. The molecule has 1 aromatic carbocycles. The molecule has 0 fully saturated rings. The largest absolute Gasteiger partial charge is 0.399 e. The Morgan fingerprint density at radius 1 is 1.56 bits per heavy atom. The van der Waals surface area contributed by atoms with Crippen molar-refractivity contribution in [2.45, 2.75) is 0 Å². The van der Waals surface area contributed by atoms with Gasteiger partial charge < -0.3 is 11.1 Å². The zero-order valence-corrected chi connectivity index (χ0v) is 10.1. The molecule has 0 bridgehead atoms. The number of carbonyl (C=O) groups excluding carboxylic acids is 1. The van der Waals surface area contributed by atoms with Crippen LogP contribution in [0.5, 0.6) is 0 Å². The maximum atomic E-state index is 11.3. The van der Waals surface area contributed by atoms with Crippen LogP contribution >= 0.6 is 11.8 Å². The van der Waals surface area contributed by atoms with Gasteiger partial charge in [0, 0.05) is 24.1 Å². The normalized spacial score (nSPS) is 10.6. The summed E-state index contributed by atoms with van der Waals surface area (Å²) in [5.41, 5.74) is 7.26. The minimum absolute atomic E-state index is 0.0727. The molecule has 0 radical (unpaired) electrons. The molecule has 1 aromatic rings. The van der Waals surface area contributed by atoms with Gasteiger partial charge in [-0.3, -0.25) is 4.79 Å². The average Bonchev–Trinajstić information content (AvgIpc) is 2.27. The number of rotatable bonds is 5. The van der Waals surface area contributed by atoms with Crippen LogP contribution in [-0.2, 0) is 4.79 Å². The van der Waals surface area contributed by atoms with Crippen LogP contribution in [0.2, 0.25) is 0 Å². The molecule has 4 heteroatoms. The lowest BCUT2D eigenvalue weighted by molar-refractivity contribution is -0.116. The van der Waals surface area contributed by atoms with Gasteiger partial charge in [-0.25, -0.2) is 0 Å². The Morgan fingerprint density at radius 3 is 3.06 bits per heavy atom. The summed E-state index contributed by atoms with van der Waals surface area (Å²) in [6, 6.07) is 7.41. The van der Waals surface area contributed by atoms with Gasteiger partial charge >= 0.3 is 0 Å². The fraction of sp³-hybridized carbons (Fsp3) is 0.250. The van der Waals surface area contributed by atoms with Crippen LogP contribution in [-0.4, -0.2) is 24.5 Å². The number of anilines is 1. The Balaban J connectivity index is 2.44. The van der Waals surface area contributed by atoms with Gasteiger partial charge in [-0.2, -0.15) is 11.8 Å². The minimum Gasteiger partial charge on any atom is -0.399 e. The Bertz CT molecular complexity index is 377. The summed E-state index contributed by atoms with van der Waals surface area (Å²) >= 11 is 1.70. The second-order valence-electron chi connectivity index (χ2n) is 3.29. The highest BCUT2D eigenvalue weighted by Crippen LogP contribution is 2.07. The minimum atomic E-state index is -0.0727. The van der Waals surface area contributed by atoms with Crippen LogP contribution in [0, 0.1) is 0 Å². The van der Waals surface area contributed by atoms with Crippen LogP contribution in [0.4, 0.5) is 5.69 Å². The highest BCUT2D eigenvalue weighted by atomic mass is 32.2. The Kier molecular flexibility index (Phi) is 5.50. The van der Waals surface area contributed by atoms with Crippen molar-refractivity contribution in [3.63, 3.8) is 0 Å². The summed E-state index contributed by atoms with van der Waals surface area (Å²) in [4.78, 5) is 11.3. The SMILES string of the molecule is CSCCNC(=O)/C=C/c1cccc(N)c1. The van der Waals surface area contributed by atoms with E-state index in [0.29, 0.717) is 12.2 Å². The van der Waals surface area contributed by atoms with Gasteiger partial charge in [0.2, 0.25) is 5.91 Å². The van der Waals surface area contributed by atoms with E-state index in [1.165, 1.54) is 6.08 Å². The van der Waals surface area contributed by atoms with E-state index >= 15 is 0 Å². The van der Waals surface area contributed by atoms with Crippen molar-refractivity contribution in [1.29, 1.82) is 0 Å². The van der Waals surface area contributed by atoms with Crippen molar-refractivity contribution in [2.75, 3.05) is 24.3 Å². The molecule has 1 rings (SSSR count). The molecule has 0 spiro atoms. The first-order valence-electron chi connectivity index (χ1n) is 5.03. The predicted octanol–water partition coefficient (Wildman–Crippen LogP) is 1.76. The number of nitrogen functional groups attached to an aromatic ring is 1. The van der Waals surface area contributed by atoms with Crippen LogP contribution in [0.1, 0.15) is 5.56 Å². The summed E-state index contributed by atoms with van der Waals surface area (Å²) < 4.78 is 0. The molecule has 16 heavy (non-hydrogen) atoms. The van der Waals surface area contributed by atoms with Crippen LogP contribution in [0.15, 0.2) is 30.3 Å². The molecule has 0 heterocycles. The summed E-state index contributed by atoms with van der Waals surface area (Å²) in [6.07, 6.45) is 5.29. The van der Waals surface area contributed by atoms with E-state index < -0.39 is 0 Å². The first kappa shape index (κ1) is 12.6. The summed E-state index contributed by atoms with van der Waals surface area (Å²) in [6.45, 7) is 0.696. The van der Waals surface area contributed by atoms with Crippen molar-refractivity contribution in [1.82, 2.24) is 5.32 Å². The molecule has 0 aliphatic heterocycles. The van der Waals surface area contributed by atoms with E-state index in [9.17, 15) is 4.79 Å². The molecular formula is C12H16N2OS. The number of nitrogens with two attached hydrogens (primary N) is 1. The van der Waals surface area contributed by atoms with E-state index in [0.717, 1.165) is 11.3 Å². The highest BCUT2D eigenvalue weighted by molar-refractivity contribution is 7.98. The fourth-order valence-electron chi connectivity index (χ4n) is 1.17. The second-order valence-corrected chi connectivity index (χ2v) is 4.27. The molecule has 0 aromatic heterocycles. The van der Waals surface area contributed by atoms with Gasteiger partial charge in [0.1, 0.15) is 0 Å². The van der Waals surface area contributed by atoms with E-state index in [-0.39, 0.29) is 5.91 Å². The molecule has 1 amide bonds. The van der Waals surface area contributed by atoms with Gasteiger partial charge in [0.05, 0.1) is 0 Å². The monoisotopic (exact) mass is 236 g/mol. The predicted molar refractivity (Wildman–Crippen MR) is 71.3 cm³/mol. The number of carbonyl (C=O) groups is 1. The third-order valence-electron chi connectivity index (χ3n) is 1.94. The van der Waals surface area contributed by atoms with Crippen molar-refractivity contribution in [3.05, 3.63) is 35.9 Å². The van der Waals surface area contributed by atoms with Gasteiger partial charge in [-0.15, -0.1) is 0 Å². The zero-order chi connectivity index (χ0) is 11.8. The molecular weight excluding hydrogens is 220 g/mol. The van der Waals surface area contributed by atoms with Crippen LogP contribution in [0.25, 0.3) is 6.08 Å². The number of nitrogens with one attached hydrogen (secondary N) is 1. The second kappa shape index (κ2) is 6.95. The number of benzene rings is 1. The molecule has 0 saturated heterocycles. The topological polar surface area (TPSA) is 55.1 Å². The Morgan fingerprint density at radius 2 is 2.38 bits per heavy atom. The average molecular weight is 236 g/mol. The van der Waals surface area contributed by atoms with Gasteiger partial charge in [-0.1, -0.05) is 12.1 Å². The van der Waals surface area contributed by atoms with Crippen LogP contribution < -0.4 is 11.1 Å². The van der Waals surface area contributed by atoms with E-state index in [1.54, 1.807) is 17.8 Å². The maximum absolute atomic E-state index is 11.3. The number of thioether (sulfide) groups is 1. The maximum Gasteiger partial charge on any atom is 0.244 e. The first-order chi connectivity index (χ1) is 7.72. The Labute approximate surface area is 100 Å². The quantitative estimate of drug-likeness (QED) is 0.465. The van der Waals surface area contributed by atoms with E-state index in [2.05, 4.69) is 5.32 Å². The molecule has 0 aliphatic rings. The number of hydrogen-bond donors (Lipinski definition) is 2. The smallest absolute Gasteiger partial charge is 0.244 e.